The summed E-state index contributed by atoms with van der Waals surface area (Å²) in [4.78, 5) is 15.3. The van der Waals surface area contributed by atoms with E-state index in [4.69, 9.17) is 0 Å². The zero-order chi connectivity index (χ0) is 14.0. The zero-order valence-corrected chi connectivity index (χ0v) is 12.3. The third kappa shape index (κ3) is 2.78. The van der Waals surface area contributed by atoms with Crippen molar-refractivity contribution in [2.75, 3.05) is 26.7 Å². The van der Waals surface area contributed by atoms with E-state index in [0.717, 1.165) is 11.3 Å². The number of piperazine rings is 1. The first-order valence-electron chi connectivity index (χ1n) is 5.72. The summed E-state index contributed by atoms with van der Waals surface area (Å²) in [7, 11) is -2.49. The monoisotopic (exact) mass is 305 g/mol. The van der Waals surface area contributed by atoms with Gasteiger partial charge in [0.25, 0.3) is 10.0 Å². The van der Waals surface area contributed by atoms with Crippen LogP contribution in [0.5, 0.6) is 0 Å². The van der Waals surface area contributed by atoms with E-state index in [-0.39, 0.29) is 15.9 Å². The highest BCUT2D eigenvalue weighted by Crippen LogP contribution is 2.25. The summed E-state index contributed by atoms with van der Waals surface area (Å²) in [5.41, 5.74) is 1.20. The van der Waals surface area contributed by atoms with Crippen molar-refractivity contribution in [2.45, 2.75) is 17.2 Å². The minimum atomic E-state index is -3.69. The number of thiazole rings is 1. The number of carbonyl (C=O) groups is 1. The third-order valence-electron chi connectivity index (χ3n) is 2.82. The van der Waals surface area contributed by atoms with E-state index in [9.17, 15) is 13.2 Å². The molecule has 0 bridgehead atoms. The Hall–Kier alpha value is -1.03. The lowest BCUT2D eigenvalue weighted by atomic mass is 10.3. The average molecular weight is 305 g/mol. The number of sulfonamides is 1. The minimum Gasteiger partial charge on any atom is -0.464 e. The van der Waals surface area contributed by atoms with Crippen molar-refractivity contribution >= 4 is 27.3 Å². The van der Waals surface area contributed by atoms with Crippen molar-refractivity contribution in [1.29, 1.82) is 0 Å². The first-order chi connectivity index (χ1) is 8.96. The first-order valence-corrected chi connectivity index (χ1v) is 8.04. The van der Waals surface area contributed by atoms with Crippen LogP contribution in [-0.2, 0) is 14.8 Å². The quantitative estimate of drug-likeness (QED) is 0.785. The molecule has 1 aromatic heterocycles. The highest BCUT2D eigenvalue weighted by Gasteiger charge is 2.34. The molecule has 2 heterocycles. The number of rotatable bonds is 3. The molecule has 1 aliphatic heterocycles. The van der Waals surface area contributed by atoms with Crippen LogP contribution < -0.4 is 5.32 Å². The molecule has 1 saturated heterocycles. The second kappa shape index (κ2) is 5.53. The van der Waals surface area contributed by atoms with Crippen molar-refractivity contribution in [2.24, 2.45) is 0 Å². The van der Waals surface area contributed by atoms with Gasteiger partial charge in [-0.3, -0.25) is 0 Å². The summed E-state index contributed by atoms with van der Waals surface area (Å²) in [6, 6.07) is 0.0815. The van der Waals surface area contributed by atoms with Crippen molar-refractivity contribution in [3.8, 4) is 0 Å². The van der Waals surface area contributed by atoms with Crippen LogP contribution in [0.25, 0.3) is 0 Å². The molecule has 1 aliphatic rings. The Morgan fingerprint density at radius 1 is 1.63 bits per heavy atom. The summed E-state index contributed by atoms with van der Waals surface area (Å²) >= 11 is 0.933. The molecule has 0 aromatic carbocycles. The fourth-order valence-electron chi connectivity index (χ4n) is 1.88. The van der Waals surface area contributed by atoms with Gasteiger partial charge in [0.05, 0.1) is 12.6 Å². The highest BCUT2D eigenvalue weighted by molar-refractivity contribution is 7.91. The number of nitrogens with zero attached hydrogens (tertiary/aromatic N) is 2. The van der Waals surface area contributed by atoms with Crippen LogP contribution >= 0.6 is 11.3 Å². The van der Waals surface area contributed by atoms with Crippen LogP contribution in [0.4, 0.5) is 0 Å². The van der Waals surface area contributed by atoms with Crippen LogP contribution in [0.2, 0.25) is 0 Å². The molecule has 7 nitrogen and oxygen atoms in total. The molecule has 0 saturated carbocycles. The summed E-state index contributed by atoms with van der Waals surface area (Å²) in [6.07, 6.45) is 0. The number of methoxy groups -OCH3 is 1. The van der Waals surface area contributed by atoms with Gasteiger partial charge >= 0.3 is 5.97 Å². The van der Waals surface area contributed by atoms with Gasteiger partial charge in [0.2, 0.25) is 0 Å². The second-order valence-corrected chi connectivity index (χ2v) is 7.19. The molecule has 0 amide bonds. The fourth-order valence-corrected chi connectivity index (χ4v) is 4.68. The van der Waals surface area contributed by atoms with Gasteiger partial charge < -0.3 is 10.1 Å². The predicted octanol–water partition coefficient (Wildman–Crippen LogP) is -0.0879. The molecule has 1 fully saturated rings. The van der Waals surface area contributed by atoms with E-state index in [1.165, 1.54) is 16.9 Å². The lowest BCUT2D eigenvalue weighted by molar-refractivity contribution is 0.0590. The van der Waals surface area contributed by atoms with E-state index >= 15 is 0 Å². The Bertz CT molecular complexity index is 569. The van der Waals surface area contributed by atoms with Gasteiger partial charge in [0.1, 0.15) is 0 Å². The molecule has 0 radical (unpaired) electrons. The van der Waals surface area contributed by atoms with E-state index in [1.54, 1.807) is 0 Å². The van der Waals surface area contributed by atoms with Gasteiger partial charge in [-0.05, 0) is 6.92 Å². The molecular formula is C10H15N3O4S2. The standard InChI is InChI=1S/C10H15N3O4S2/c1-7-5-13(4-3-11-7)19(15,16)10-8(9(14)17-2)12-6-18-10/h6-7,11H,3-5H2,1-2H3. The number of aromatic nitrogens is 1. The Morgan fingerprint density at radius 2 is 2.37 bits per heavy atom. The fraction of sp³-hybridized carbons (Fsp3) is 0.600. The molecule has 1 atom stereocenters. The van der Waals surface area contributed by atoms with Gasteiger partial charge in [-0.25, -0.2) is 18.2 Å². The molecule has 19 heavy (non-hydrogen) atoms. The number of nitrogens with one attached hydrogen (secondary N) is 1. The molecular weight excluding hydrogens is 290 g/mol. The summed E-state index contributed by atoms with van der Waals surface area (Å²) < 4.78 is 30.9. The second-order valence-electron chi connectivity index (χ2n) is 4.20. The summed E-state index contributed by atoms with van der Waals surface area (Å²) in [5.74, 6) is -0.733. The van der Waals surface area contributed by atoms with Crippen molar-refractivity contribution in [1.82, 2.24) is 14.6 Å². The number of esters is 1. The maximum Gasteiger partial charge on any atom is 0.358 e. The lowest BCUT2D eigenvalue weighted by Gasteiger charge is -2.30. The van der Waals surface area contributed by atoms with Crippen LogP contribution in [-0.4, -0.2) is 56.5 Å². The van der Waals surface area contributed by atoms with Crippen LogP contribution in [0.1, 0.15) is 17.4 Å². The molecule has 106 valence electrons. The first kappa shape index (κ1) is 14.4. The van der Waals surface area contributed by atoms with Crippen molar-refractivity contribution in [3.63, 3.8) is 0 Å². The topological polar surface area (TPSA) is 88.6 Å². The van der Waals surface area contributed by atoms with Gasteiger partial charge in [0.15, 0.2) is 9.90 Å². The summed E-state index contributed by atoms with van der Waals surface area (Å²) in [6.45, 7) is 3.26. The molecule has 0 aliphatic carbocycles. The van der Waals surface area contributed by atoms with Crippen LogP contribution in [0.3, 0.4) is 0 Å². The van der Waals surface area contributed by atoms with Gasteiger partial charge in [-0.15, -0.1) is 11.3 Å². The smallest absolute Gasteiger partial charge is 0.358 e. The SMILES string of the molecule is COC(=O)c1ncsc1S(=O)(=O)N1CCNC(C)C1. The number of hydrogen-bond acceptors (Lipinski definition) is 7. The van der Waals surface area contributed by atoms with Gasteiger partial charge in [-0.2, -0.15) is 4.31 Å². The van der Waals surface area contributed by atoms with Crippen molar-refractivity contribution < 1.29 is 17.9 Å². The number of ether oxygens (including phenoxy) is 1. The molecule has 2 rings (SSSR count). The Kier molecular flexibility index (Phi) is 4.19. The molecule has 0 spiro atoms. The number of carbonyl (C=O) groups excluding carboxylic acids is 1. The molecule has 1 unspecified atom stereocenters. The largest absolute Gasteiger partial charge is 0.464 e. The molecule has 1 N–H and O–H groups in total. The highest BCUT2D eigenvalue weighted by atomic mass is 32.2. The number of hydrogen-bond donors (Lipinski definition) is 1. The van der Waals surface area contributed by atoms with E-state index < -0.39 is 16.0 Å². The maximum atomic E-state index is 12.5. The normalized spacial score (nSPS) is 21.3. The molecule has 1 aromatic rings. The molecule has 9 heteroatoms. The zero-order valence-electron chi connectivity index (χ0n) is 10.6. The Labute approximate surface area is 115 Å². The Balaban J connectivity index is 2.34. The van der Waals surface area contributed by atoms with E-state index in [0.29, 0.717) is 19.6 Å². The van der Waals surface area contributed by atoms with Gasteiger partial charge in [0, 0.05) is 25.7 Å². The van der Waals surface area contributed by atoms with Gasteiger partial charge in [-0.1, -0.05) is 0 Å². The van der Waals surface area contributed by atoms with Crippen LogP contribution in [0, 0.1) is 0 Å². The van der Waals surface area contributed by atoms with Crippen LogP contribution in [0.15, 0.2) is 9.72 Å². The van der Waals surface area contributed by atoms with E-state index in [2.05, 4.69) is 15.0 Å². The minimum absolute atomic E-state index is 0.0477. The third-order valence-corrected chi connectivity index (χ3v) is 6.03. The van der Waals surface area contributed by atoms with Crippen molar-refractivity contribution in [3.05, 3.63) is 11.2 Å². The average Bonchev–Trinajstić information content (AvgIpc) is 2.87. The van der Waals surface area contributed by atoms with E-state index in [1.807, 2.05) is 6.92 Å². The predicted molar refractivity (Wildman–Crippen MR) is 69.7 cm³/mol. The lowest BCUT2D eigenvalue weighted by Crippen LogP contribution is -2.51. The Morgan fingerprint density at radius 3 is 3.00 bits per heavy atom. The maximum absolute atomic E-state index is 12.5. The summed E-state index contributed by atoms with van der Waals surface area (Å²) in [5, 5.41) is 3.17.